The van der Waals surface area contributed by atoms with Crippen molar-refractivity contribution in [3.8, 4) is 0 Å². The minimum atomic E-state index is 0.00231. The van der Waals surface area contributed by atoms with Crippen molar-refractivity contribution in [3.63, 3.8) is 0 Å². The summed E-state index contributed by atoms with van der Waals surface area (Å²) >= 11 is 0. The van der Waals surface area contributed by atoms with Crippen molar-refractivity contribution < 1.29 is 5.11 Å². The maximum Gasteiger partial charge on any atom is 0.0526 e. The van der Waals surface area contributed by atoms with Gasteiger partial charge in [0.25, 0.3) is 0 Å². The molecule has 0 aromatic carbocycles. The van der Waals surface area contributed by atoms with Crippen molar-refractivity contribution in [1.29, 1.82) is 0 Å². The van der Waals surface area contributed by atoms with Gasteiger partial charge in [0.05, 0.1) is 6.61 Å². The molecule has 0 radical (unpaired) electrons. The van der Waals surface area contributed by atoms with Crippen molar-refractivity contribution >= 4 is 0 Å². The van der Waals surface area contributed by atoms with Gasteiger partial charge in [-0.3, -0.25) is 5.10 Å². The lowest BCUT2D eigenvalue weighted by Gasteiger charge is -2.06. The molecule has 1 atom stereocenters. The summed E-state index contributed by atoms with van der Waals surface area (Å²) in [4.78, 5) is 0. The highest BCUT2D eigenvalue weighted by molar-refractivity contribution is 5.05. The van der Waals surface area contributed by atoms with E-state index in [1.165, 1.54) is 0 Å². The average molecular weight is 141 g/mol. The second-order valence-corrected chi connectivity index (χ2v) is 2.13. The quantitative estimate of drug-likeness (QED) is 0.528. The zero-order valence-electron chi connectivity index (χ0n) is 5.62. The zero-order chi connectivity index (χ0) is 7.40. The molecule has 0 spiro atoms. The van der Waals surface area contributed by atoms with Crippen LogP contribution in [0.3, 0.4) is 0 Å². The first-order chi connectivity index (χ1) is 4.88. The predicted molar refractivity (Wildman–Crippen MR) is 37.5 cm³/mol. The van der Waals surface area contributed by atoms with Crippen molar-refractivity contribution in [2.24, 2.45) is 5.73 Å². The van der Waals surface area contributed by atoms with Crippen LogP contribution in [0.5, 0.6) is 0 Å². The maximum absolute atomic E-state index is 8.77. The Hall–Kier alpha value is -0.870. The van der Waals surface area contributed by atoms with Gasteiger partial charge < -0.3 is 10.8 Å². The largest absolute Gasteiger partial charge is 0.396 e. The van der Waals surface area contributed by atoms with E-state index < -0.39 is 0 Å². The molecule has 1 aromatic rings. The van der Waals surface area contributed by atoms with Crippen molar-refractivity contribution in [2.75, 3.05) is 13.2 Å². The fourth-order valence-corrected chi connectivity index (χ4v) is 0.794. The van der Waals surface area contributed by atoms with Gasteiger partial charge in [-0.25, -0.2) is 0 Å². The number of aromatic amines is 1. The fourth-order valence-electron chi connectivity index (χ4n) is 0.794. The molecule has 0 saturated heterocycles. The Labute approximate surface area is 59.1 Å². The fraction of sp³-hybridized carbons (Fsp3) is 0.500. The van der Waals surface area contributed by atoms with E-state index in [2.05, 4.69) is 10.2 Å². The SMILES string of the molecule is NCC(CO)c1ccn[nH]1. The Morgan fingerprint density at radius 1 is 1.80 bits per heavy atom. The lowest BCUT2D eigenvalue weighted by atomic mass is 10.1. The molecule has 4 nitrogen and oxygen atoms in total. The Bertz CT molecular complexity index is 169. The summed E-state index contributed by atoms with van der Waals surface area (Å²) in [6.07, 6.45) is 1.65. The first-order valence-corrected chi connectivity index (χ1v) is 3.18. The Morgan fingerprint density at radius 3 is 3.00 bits per heavy atom. The number of aliphatic hydroxyl groups excluding tert-OH is 1. The van der Waals surface area contributed by atoms with E-state index in [4.69, 9.17) is 10.8 Å². The molecule has 0 saturated carbocycles. The highest BCUT2D eigenvalue weighted by atomic mass is 16.3. The van der Waals surface area contributed by atoms with Crippen LogP contribution in [0.25, 0.3) is 0 Å². The Morgan fingerprint density at radius 2 is 2.60 bits per heavy atom. The monoisotopic (exact) mass is 141 g/mol. The second kappa shape index (κ2) is 3.34. The molecule has 1 aromatic heterocycles. The van der Waals surface area contributed by atoms with Crippen LogP contribution in [0, 0.1) is 0 Å². The molecule has 0 aliphatic carbocycles. The van der Waals surface area contributed by atoms with Gasteiger partial charge in [0.15, 0.2) is 0 Å². The smallest absolute Gasteiger partial charge is 0.0526 e. The van der Waals surface area contributed by atoms with Crippen LogP contribution in [0.1, 0.15) is 11.6 Å². The van der Waals surface area contributed by atoms with E-state index in [9.17, 15) is 0 Å². The van der Waals surface area contributed by atoms with E-state index in [0.717, 1.165) is 5.69 Å². The maximum atomic E-state index is 8.77. The summed E-state index contributed by atoms with van der Waals surface area (Å²) in [7, 11) is 0. The topological polar surface area (TPSA) is 74.9 Å². The number of rotatable bonds is 3. The lowest BCUT2D eigenvalue weighted by Crippen LogP contribution is -2.16. The Kier molecular flexibility index (Phi) is 2.42. The number of aromatic nitrogens is 2. The van der Waals surface area contributed by atoms with Crippen LogP contribution in [0.2, 0.25) is 0 Å². The van der Waals surface area contributed by atoms with Gasteiger partial charge in [0.1, 0.15) is 0 Å². The first kappa shape index (κ1) is 7.24. The third-order valence-electron chi connectivity index (χ3n) is 1.47. The van der Waals surface area contributed by atoms with Gasteiger partial charge in [-0.15, -0.1) is 0 Å². The molecule has 0 fully saturated rings. The molecule has 0 amide bonds. The standard InChI is InChI=1S/C6H11N3O/c7-3-5(4-10)6-1-2-8-9-6/h1-2,5,10H,3-4,7H2,(H,8,9). The van der Waals surface area contributed by atoms with E-state index in [1.54, 1.807) is 6.20 Å². The van der Waals surface area contributed by atoms with E-state index in [1.807, 2.05) is 6.07 Å². The van der Waals surface area contributed by atoms with Crippen LogP contribution in [-0.4, -0.2) is 28.5 Å². The molecule has 0 aliphatic rings. The number of aliphatic hydroxyl groups is 1. The number of nitrogens with two attached hydrogens (primary N) is 1. The number of hydrogen-bond donors (Lipinski definition) is 3. The molecule has 56 valence electrons. The number of hydrogen-bond acceptors (Lipinski definition) is 3. The van der Waals surface area contributed by atoms with Gasteiger partial charge in [-0.2, -0.15) is 5.10 Å². The summed E-state index contributed by atoms with van der Waals surface area (Å²) in [5.41, 5.74) is 6.26. The zero-order valence-corrected chi connectivity index (χ0v) is 5.62. The normalized spacial score (nSPS) is 13.4. The van der Waals surface area contributed by atoms with Crippen LogP contribution in [0.4, 0.5) is 0 Å². The van der Waals surface area contributed by atoms with Gasteiger partial charge in [0.2, 0.25) is 0 Å². The summed E-state index contributed by atoms with van der Waals surface area (Å²) in [5, 5.41) is 15.3. The van der Waals surface area contributed by atoms with Crippen molar-refractivity contribution in [1.82, 2.24) is 10.2 Å². The van der Waals surface area contributed by atoms with Gasteiger partial charge in [0, 0.05) is 24.4 Å². The third kappa shape index (κ3) is 1.34. The highest BCUT2D eigenvalue weighted by Crippen LogP contribution is 2.08. The molecule has 1 unspecified atom stereocenters. The average Bonchev–Trinajstić information content (AvgIpc) is 2.43. The summed E-state index contributed by atoms with van der Waals surface area (Å²) in [6, 6.07) is 1.81. The second-order valence-electron chi connectivity index (χ2n) is 2.13. The molecular formula is C6H11N3O. The van der Waals surface area contributed by atoms with Gasteiger partial charge >= 0.3 is 0 Å². The van der Waals surface area contributed by atoms with Crippen LogP contribution < -0.4 is 5.73 Å². The van der Waals surface area contributed by atoms with Gasteiger partial charge in [-0.05, 0) is 6.07 Å². The lowest BCUT2D eigenvalue weighted by molar-refractivity contribution is 0.265. The summed E-state index contributed by atoms with van der Waals surface area (Å²) < 4.78 is 0. The number of H-pyrrole nitrogens is 1. The van der Waals surface area contributed by atoms with Crippen molar-refractivity contribution in [3.05, 3.63) is 18.0 Å². The minimum absolute atomic E-state index is 0.00231. The van der Waals surface area contributed by atoms with Crippen molar-refractivity contribution in [2.45, 2.75) is 5.92 Å². The van der Waals surface area contributed by atoms with Crippen LogP contribution in [-0.2, 0) is 0 Å². The van der Waals surface area contributed by atoms with Gasteiger partial charge in [-0.1, -0.05) is 0 Å². The predicted octanol–water partition coefficient (Wildman–Crippen LogP) is -0.556. The molecule has 10 heavy (non-hydrogen) atoms. The van der Waals surface area contributed by atoms with Crippen LogP contribution >= 0.6 is 0 Å². The third-order valence-corrected chi connectivity index (χ3v) is 1.47. The number of nitrogens with zero attached hydrogens (tertiary/aromatic N) is 1. The highest BCUT2D eigenvalue weighted by Gasteiger charge is 2.07. The van der Waals surface area contributed by atoms with E-state index in [-0.39, 0.29) is 12.5 Å². The summed E-state index contributed by atoms with van der Waals surface area (Å²) in [6.45, 7) is 0.511. The molecule has 1 heterocycles. The first-order valence-electron chi connectivity index (χ1n) is 3.18. The van der Waals surface area contributed by atoms with Crippen LogP contribution in [0.15, 0.2) is 12.3 Å². The number of nitrogens with one attached hydrogen (secondary N) is 1. The van der Waals surface area contributed by atoms with E-state index in [0.29, 0.717) is 6.54 Å². The molecule has 0 aliphatic heterocycles. The summed E-state index contributed by atoms with van der Waals surface area (Å²) in [5.74, 6) is 0.00231. The molecular weight excluding hydrogens is 130 g/mol. The molecule has 1 rings (SSSR count). The Balaban J connectivity index is 2.64. The molecule has 0 bridgehead atoms. The molecule has 4 heteroatoms. The van der Waals surface area contributed by atoms with E-state index >= 15 is 0 Å². The molecule has 4 N–H and O–H groups in total. The minimum Gasteiger partial charge on any atom is -0.396 e.